The molecule has 68 heavy (non-hydrogen) atoms. The number of fused-ring (bicyclic) bond motifs is 3. The molecule has 0 saturated carbocycles. The number of aryl methyl sites for hydroxylation is 2. The summed E-state index contributed by atoms with van der Waals surface area (Å²) in [7, 11) is 0. The summed E-state index contributed by atoms with van der Waals surface area (Å²) in [4.78, 5) is 13.5. The number of halogens is 2. The second kappa shape index (κ2) is 19.4. The van der Waals surface area contributed by atoms with Gasteiger partial charge >= 0.3 is 20.1 Å². The number of nitrogens with zero attached hydrogens (tertiary/aromatic N) is 3. The average molecular weight is 1080 g/mol. The van der Waals surface area contributed by atoms with E-state index in [-0.39, 0.29) is 58.7 Å². The molecule has 0 aliphatic carbocycles. The van der Waals surface area contributed by atoms with Crippen LogP contribution in [0.2, 0.25) is 0 Å². The first kappa shape index (κ1) is 31.9. The Morgan fingerprint density at radius 2 is 1.19 bits per heavy atom. The Balaban J connectivity index is 0.00000810. The van der Waals surface area contributed by atoms with E-state index in [2.05, 4.69) is 33.2 Å². The summed E-state index contributed by atoms with van der Waals surface area (Å²) < 4.78 is 167. The molecule has 336 valence electrons. The van der Waals surface area contributed by atoms with Gasteiger partial charge in [0.2, 0.25) is 0 Å². The summed E-state index contributed by atoms with van der Waals surface area (Å²) >= 11 is 0. The van der Waals surface area contributed by atoms with E-state index >= 15 is 8.78 Å². The van der Waals surface area contributed by atoms with E-state index in [1.165, 1.54) is 42.7 Å². The van der Waals surface area contributed by atoms with Crippen LogP contribution in [0.5, 0.6) is 0 Å². The molecule has 4 aromatic heterocycles. The van der Waals surface area contributed by atoms with Gasteiger partial charge in [0.1, 0.15) is 5.82 Å². The fourth-order valence-electron chi connectivity index (χ4n) is 7.93. The molecule has 0 unspecified atom stereocenters. The van der Waals surface area contributed by atoms with Crippen LogP contribution in [0.15, 0.2) is 175 Å². The molecule has 0 fully saturated rings. The Morgan fingerprint density at radius 1 is 0.603 bits per heavy atom. The minimum atomic E-state index is -3.42. The third-order valence-corrected chi connectivity index (χ3v) is 11.5. The quantitative estimate of drug-likeness (QED) is 0.108. The van der Waals surface area contributed by atoms with Crippen LogP contribution in [-0.2, 0) is 56.4 Å². The topological polar surface area (TPSA) is 51.8 Å². The monoisotopic (exact) mass is 1080 g/mol. The zero-order valence-corrected chi connectivity index (χ0v) is 39.4. The van der Waals surface area contributed by atoms with Crippen molar-refractivity contribution in [1.29, 1.82) is 0 Å². The Morgan fingerprint density at radius 3 is 1.76 bits per heavy atom. The van der Waals surface area contributed by atoms with Crippen molar-refractivity contribution >= 4 is 21.9 Å². The fraction of sp³-hybridized carbons (Fsp3) is 0.164. The number of rotatable bonds is 13. The van der Waals surface area contributed by atoms with Gasteiger partial charge < -0.3 is 19.4 Å². The van der Waals surface area contributed by atoms with E-state index in [1.807, 2.05) is 36.4 Å². The van der Waals surface area contributed by atoms with Gasteiger partial charge in [-0.05, 0) is 92.8 Å². The van der Waals surface area contributed by atoms with Gasteiger partial charge in [0.05, 0.1) is 13.8 Å². The Bertz CT molecular complexity index is 3950. The van der Waals surface area contributed by atoms with Gasteiger partial charge in [-0.3, -0.25) is 0 Å². The predicted octanol–water partition coefficient (Wildman–Crippen LogP) is 14.9. The van der Waals surface area contributed by atoms with Crippen molar-refractivity contribution in [2.24, 2.45) is 0 Å². The Labute approximate surface area is 430 Å². The SMILES string of the molecule is [2H]c1c([2H])c([2H])c(-c2ccc3c(oc4c(-c5ncc(C([2H])([2H])C([2H])([2H])c6cc(C([2H])([2H])C(C)(C)c7ccc(-c8[c-]cccc8)nc7)cc(C([2H])([2H])C(C)(C)c7ccc(-c8[c-]cccc8)nc7)c6)c(F)c5[2H])[c-]ccc43)c2F)c([2H])c1[2H].[Ir+3]. The number of hydrogen-bond acceptors (Lipinski definition) is 4. The third-order valence-electron chi connectivity index (χ3n) is 11.5. The molecule has 0 spiro atoms. The van der Waals surface area contributed by atoms with Crippen molar-refractivity contribution in [2.75, 3.05) is 0 Å². The van der Waals surface area contributed by atoms with Gasteiger partial charge in [-0.1, -0.05) is 123 Å². The standard InChI is InChI=1S/C61H48F2N3O.Ir/c1-60(2,47-25-29-54(65-38-47)44-17-10-6-11-18-44)35-41-31-40(32-42(33-41)36-61(3,4)48-26-30-55(66-39-48)45-19-12-7-13-20-45)23-24-46-37-64-56(34-53(46)62)52-22-14-21-50-51-28-27-49(43-15-8-5-9-16-43)57(63)59(51)67-58(50)52;/h5-17,19,21,25-34,37-39H,23-24,35-36H2,1-4H3;/q-3;+3/i5D,8D,9D,15D,16D,23D2,24D2,34D,35D2,36D2;. The van der Waals surface area contributed by atoms with Crippen LogP contribution in [0.3, 0.4) is 0 Å². The Hall–Kier alpha value is -6.92. The summed E-state index contributed by atoms with van der Waals surface area (Å²) in [5, 5.41) is 0.402. The minimum Gasteiger partial charge on any atom is -0.497 e. The Kier molecular flexibility index (Phi) is 9.09. The second-order valence-corrected chi connectivity index (χ2v) is 16.9. The number of aromatic nitrogens is 3. The summed E-state index contributed by atoms with van der Waals surface area (Å²) in [5.74, 6) is -2.62. The van der Waals surface area contributed by atoms with Crippen LogP contribution in [-0.4, -0.2) is 15.0 Å². The number of furan rings is 1. The molecule has 0 N–H and O–H groups in total. The number of hydrogen-bond donors (Lipinski definition) is 0. The van der Waals surface area contributed by atoms with Crippen LogP contribution in [0.1, 0.15) is 80.3 Å². The van der Waals surface area contributed by atoms with E-state index in [0.29, 0.717) is 33.6 Å². The van der Waals surface area contributed by atoms with E-state index in [1.54, 1.807) is 64.1 Å². The normalized spacial score (nSPS) is 15.6. The average Bonchev–Trinajstić information content (AvgIpc) is 2.38. The van der Waals surface area contributed by atoms with Gasteiger partial charge in [0.25, 0.3) is 0 Å². The molecule has 4 heterocycles. The van der Waals surface area contributed by atoms with Crippen LogP contribution >= 0.6 is 0 Å². The van der Waals surface area contributed by atoms with Crippen molar-refractivity contribution in [3.63, 3.8) is 0 Å². The molecule has 10 aromatic rings. The van der Waals surface area contributed by atoms with Crippen molar-refractivity contribution in [3.05, 3.63) is 233 Å². The summed E-state index contributed by atoms with van der Waals surface area (Å²) in [5.41, 5.74) is -3.46. The molecule has 0 atom stereocenters. The molecular weight excluding hydrogens is 1020 g/mol. The summed E-state index contributed by atoms with van der Waals surface area (Å²) in [6, 6.07) is 35.1. The summed E-state index contributed by atoms with van der Waals surface area (Å²) in [6.07, 6.45) is -7.92. The largest absolute Gasteiger partial charge is 3.00 e. The van der Waals surface area contributed by atoms with Gasteiger partial charge in [0, 0.05) is 46.1 Å². The van der Waals surface area contributed by atoms with Crippen molar-refractivity contribution in [2.45, 2.75) is 64.0 Å². The van der Waals surface area contributed by atoms with Gasteiger partial charge in [0.15, 0.2) is 11.4 Å². The molecule has 0 aliphatic heterocycles. The maximum Gasteiger partial charge on any atom is 3.00 e. The smallest absolute Gasteiger partial charge is 0.497 e. The number of pyridine rings is 3. The van der Waals surface area contributed by atoms with E-state index in [0.717, 1.165) is 18.3 Å². The number of benzene rings is 6. The molecule has 0 aliphatic rings. The van der Waals surface area contributed by atoms with Gasteiger partial charge in [-0.15, -0.1) is 90.0 Å². The van der Waals surface area contributed by atoms with Crippen LogP contribution in [0, 0.1) is 29.8 Å². The predicted molar refractivity (Wildman–Crippen MR) is 265 cm³/mol. The van der Waals surface area contributed by atoms with Crippen molar-refractivity contribution < 1.29 is 52.5 Å². The van der Waals surface area contributed by atoms with Gasteiger partial charge in [-0.2, -0.15) is 0 Å². The second-order valence-electron chi connectivity index (χ2n) is 16.9. The molecule has 7 heteroatoms. The fourth-order valence-corrected chi connectivity index (χ4v) is 7.93. The van der Waals surface area contributed by atoms with Crippen LogP contribution < -0.4 is 0 Å². The first-order chi connectivity index (χ1) is 38.0. The molecule has 0 bridgehead atoms. The van der Waals surface area contributed by atoms with E-state index < -0.39 is 112 Å². The maximum absolute atomic E-state index is 17.1. The first-order valence-electron chi connectivity index (χ1n) is 28.4. The molecular formula is C61H48F2IrN3O. The molecule has 0 amide bonds. The zero-order valence-electron chi connectivity index (χ0n) is 51.0. The van der Waals surface area contributed by atoms with Gasteiger partial charge in [-0.25, -0.2) is 8.78 Å². The van der Waals surface area contributed by atoms with Crippen LogP contribution in [0.25, 0.3) is 66.8 Å². The maximum atomic E-state index is 17.1. The third kappa shape index (κ3) is 9.60. The first-order valence-corrected chi connectivity index (χ1v) is 21.4. The molecule has 0 saturated heterocycles. The van der Waals surface area contributed by atoms with E-state index in [4.69, 9.17) is 12.6 Å². The minimum absolute atomic E-state index is 0. The van der Waals surface area contributed by atoms with E-state index in [9.17, 15) is 11.0 Å². The summed E-state index contributed by atoms with van der Waals surface area (Å²) in [6.45, 7) is 6.48. The zero-order chi connectivity index (χ0) is 58.5. The molecule has 6 aromatic carbocycles. The molecule has 4 nitrogen and oxygen atoms in total. The molecule has 10 rings (SSSR count). The van der Waals surface area contributed by atoms with Crippen molar-refractivity contribution in [1.82, 2.24) is 15.0 Å². The molecule has 0 radical (unpaired) electrons. The van der Waals surface area contributed by atoms with Crippen molar-refractivity contribution in [3.8, 4) is 44.9 Å². The van der Waals surface area contributed by atoms with Crippen LogP contribution in [0.4, 0.5) is 8.78 Å².